The lowest BCUT2D eigenvalue weighted by atomic mass is 10.3. The van der Waals surface area contributed by atoms with E-state index in [0.29, 0.717) is 18.0 Å². The Kier molecular flexibility index (Phi) is 2.91. The number of hydrogen-bond acceptors (Lipinski definition) is 4. The third-order valence-electron chi connectivity index (χ3n) is 2.09. The van der Waals surface area contributed by atoms with Gasteiger partial charge in [0.05, 0.1) is 17.6 Å². The highest BCUT2D eigenvalue weighted by molar-refractivity contribution is 5.38. The first-order valence-electron chi connectivity index (χ1n) is 4.87. The van der Waals surface area contributed by atoms with Gasteiger partial charge in [-0.3, -0.25) is 4.98 Å². The average molecular weight is 216 g/mol. The summed E-state index contributed by atoms with van der Waals surface area (Å²) in [5.74, 6) is 0.569. The Hall–Kier alpha value is -2.23. The molecule has 4 nitrogen and oxygen atoms in total. The SMILES string of the molecule is Nc1ccc(COc2ccccc2O)nc1. The van der Waals surface area contributed by atoms with Crippen molar-refractivity contribution in [3.05, 3.63) is 48.3 Å². The summed E-state index contributed by atoms with van der Waals surface area (Å²) in [7, 11) is 0. The Balaban J connectivity index is 2.02. The summed E-state index contributed by atoms with van der Waals surface area (Å²) < 4.78 is 5.41. The first-order chi connectivity index (χ1) is 7.75. The van der Waals surface area contributed by atoms with Crippen molar-refractivity contribution in [2.24, 2.45) is 0 Å². The molecule has 82 valence electrons. The molecule has 0 aliphatic carbocycles. The highest BCUT2D eigenvalue weighted by Gasteiger charge is 2.01. The van der Waals surface area contributed by atoms with Gasteiger partial charge in [0, 0.05) is 0 Å². The summed E-state index contributed by atoms with van der Waals surface area (Å²) in [5.41, 5.74) is 6.89. The minimum atomic E-state index is 0.123. The van der Waals surface area contributed by atoms with Crippen LogP contribution < -0.4 is 10.5 Å². The fraction of sp³-hybridized carbons (Fsp3) is 0.0833. The van der Waals surface area contributed by atoms with Crippen molar-refractivity contribution in [1.29, 1.82) is 0 Å². The number of aromatic nitrogens is 1. The van der Waals surface area contributed by atoms with E-state index < -0.39 is 0 Å². The molecule has 0 amide bonds. The van der Waals surface area contributed by atoms with Crippen LogP contribution in [0.4, 0.5) is 5.69 Å². The smallest absolute Gasteiger partial charge is 0.161 e. The molecular weight excluding hydrogens is 204 g/mol. The van der Waals surface area contributed by atoms with Gasteiger partial charge in [-0.15, -0.1) is 0 Å². The summed E-state index contributed by atoms with van der Waals surface area (Å²) in [6.45, 7) is 0.303. The third kappa shape index (κ3) is 2.42. The molecule has 2 rings (SSSR count). The van der Waals surface area contributed by atoms with Gasteiger partial charge in [-0.1, -0.05) is 12.1 Å². The Bertz CT molecular complexity index is 469. The Morgan fingerprint density at radius 2 is 2.00 bits per heavy atom. The van der Waals surface area contributed by atoms with Crippen molar-refractivity contribution < 1.29 is 9.84 Å². The second kappa shape index (κ2) is 4.53. The van der Waals surface area contributed by atoms with E-state index in [1.807, 2.05) is 0 Å². The summed E-state index contributed by atoms with van der Waals surface area (Å²) in [6.07, 6.45) is 1.57. The molecule has 1 aromatic carbocycles. The molecule has 0 fully saturated rings. The molecule has 0 aliphatic rings. The summed E-state index contributed by atoms with van der Waals surface area (Å²) in [5, 5.41) is 9.47. The molecule has 0 unspecified atom stereocenters. The average Bonchev–Trinajstić information content (AvgIpc) is 2.30. The van der Waals surface area contributed by atoms with E-state index in [9.17, 15) is 5.11 Å². The van der Waals surface area contributed by atoms with E-state index in [-0.39, 0.29) is 5.75 Å². The van der Waals surface area contributed by atoms with E-state index in [1.54, 1.807) is 42.6 Å². The molecule has 4 heteroatoms. The number of pyridine rings is 1. The maximum Gasteiger partial charge on any atom is 0.161 e. The molecule has 0 atom stereocenters. The Morgan fingerprint density at radius 3 is 2.69 bits per heavy atom. The fourth-order valence-corrected chi connectivity index (χ4v) is 1.25. The molecule has 1 heterocycles. The molecule has 0 bridgehead atoms. The number of anilines is 1. The molecule has 2 aromatic rings. The summed E-state index contributed by atoms with van der Waals surface area (Å²) in [4.78, 5) is 4.09. The van der Waals surface area contributed by atoms with E-state index in [1.165, 1.54) is 0 Å². The predicted octanol–water partition coefficient (Wildman–Crippen LogP) is 1.95. The zero-order valence-electron chi connectivity index (χ0n) is 8.63. The molecule has 3 N–H and O–H groups in total. The molecule has 0 saturated carbocycles. The number of benzene rings is 1. The van der Waals surface area contributed by atoms with Gasteiger partial charge in [0.15, 0.2) is 11.5 Å². The number of para-hydroxylation sites is 2. The largest absolute Gasteiger partial charge is 0.504 e. The zero-order valence-corrected chi connectivity index (χ0v) is 8.63. The number of ether oxygens (including phenoxy) is 1. The first kappa shape index (κ1) is 10.3. The van der Waals surface area contributed by atoms with Crippen LogP contribution in [0.15, 0.2) is 42.6 Å². The minimum absolute atomic E-state index is 0.123. The van der Waals surface area contributed by atoms with Crippen molar-refractivity contribution in [3.8, 4) is 11.5 Å². The van der Waals surface area contributed by atoms with Gasteiger partial charge in [-0.2, -0.15) is 0 Å². The van der Waals surface area contributed by atoms with Crippen LogP contribution >= 0.6 is 0 Å². The van der Waals surface area contributed by atoms with Crippen molar-refractivity contribution >= 4 is 5.69 Å². The predicted molar refractivity (Wildman–Crippen MR) is 61.1 cm³/mol. The van der Waals surface area contributed by atoms with Crippen LogP contribution in [0, 0.1) is 0 Å². The number of nitrogens with zero attached hydrogens (tertiary/aromatic N) is 1. The quantitative estimate of drug-likeness (QED) is 0.822. The molecule has 1 aromatic heterocycles. The summed E-state index contributed by atoms with van der Waals surface area (Å²) in [6, 6.07) is 10.4. The van der Waals surface area contributed by atoms with Gasteiger partial charge in [0.2, 0.25) is 0 Å². The lowest BCUT2D eigenvalue weighted by molar-refractivity contribution is 0.285. The van der Waals surface area contributed by atoms with E-state index in [0.717, 1.165) is 5.69 Å². The van der Waals surface area contributed by atoms with Crippen molar-refractivity contribution in [2.45, 2.75) is 6.61 Å². The first-order valence-corrected chi connectivity index (χ1v) is 4.87. The van der Waals surface area contributed by atoms with Gasteiger partial charge in [-0.05, 0) is 24.3 Å². The van der Waals surface area contributed by atoms with Crippen LogP contribution in [0.1, 0.15) is 5.69 Å². The fourth-order valence-electron chi connectivity index (χ4n) is 1.25. The van der Waals surface area contributed by atoms with Gasteiger partial charge >= 0.3 is 0 Å². The van der Waals surface area contributed by atoms with Gasteiger partial charge < -0.3 is 15.6 Å². The topological polar surface area (TPSA) is 68.4 Å². The minimum Gasteiger partial charge on any atom is -0.504 e. The zero-order chi connectivity index (χ0) is 11.4. The third-order valence-corrected chi connectivity index (χ3v) is 2.09. The summed E-state index contributed by atoms with van der Waals surface area (Å²) >= 11 is 0. The lowest BCUT2D eigenvalue weighted by Gasteiger charge is -2.07. The molecule has 0 saturated heterocycles. The van der Waals surface area contributed by atoms with Gasteiger partial charge in [0.1, 0.15) is 6.61 Å². The number of nitrogen functional groups attached to an aromatic ring is 1. The van der Waals surface area contributed by atoms with Gasteiger partial charge in [-0.25, -0.2) is 0 Å². The molecule has 16 heavy (non-hydrogen) atoms. The maximum absolute atomic E-state index is 9.47. The second-order valence-corrected chi connectivity index (χ2v) is 3.34. The number of rotatable bonds is 3. The van der Waals surface area contributed by atoms with Crippen molar-refractivity contribution in [3.63, 3.8) is 0 Å². The Labute approximate surface area is 93.3 Å². The Morgan fingerprint density at radius 1 is 1.19 bits per heavy atom. The van der Waals surface area contributed by atoms with Crippen LogP contribution in [0.3, 0.4) is 0 Å². The van der Waals surface area contributed by atoms with Crippen molar-refractivity contribution in [2.75, 3.05) is 5.73 Å². The lowest BCUT2D eigenvalue weighted by Crippen LogP contribution is -1.98. The van der Waals surface area contributed by atoms with Gasteiger partial charge in [0.25, 0.3) is 0 Å². The van der Waals surface area contributed by atoms with Crippen LogP contribution in [-0.4, -0.2) is 10.1 Å². The molecule has 0 radical (unpaired) electrons. The second-order valence-electron chi connectivity index (χ2n) is 3.34. The molecular formula is C12H12N2O2. The van der Waals surface area contributed by atoms with Crippen LogP contribution in [0.25, 0.3) is 0 Å². The number of nitrogens with two attached hydrogens (primary N) is 1. The number of phenolic OH excluding ortho intramolecular Hbond substituents is 1. The number of hydrogen-bond donors (Lipinski definition) is 2. The molecule has 0 spiro atoms. The van der Waals surface area contributed by atoms with Crippen LogP contribution in [0.2, 0.25) is 0 Å². The highest BCUT2D eigenvalue weighted by atomic mass is 16.5. The van der Waals surface area contributed by atoms with E-state index in [2.05, 4.69) is 4.98 Å². The van der Waals surface area contributed by atoms with Crippen LogP contribution in [-0.2, 0) is 6.61 Å². The monoisotopic (exact) mass is 216 g/mol. The van der Waals surface area contributed by atoms with Crippen LogP contribution in [0.5, 0.6) is 11.5 Å². The number of phenols is 1. The maximum atomic E-state index is 9.47. The normalized spacial score (nSPS) is 10.0. The number of aromatic hydroxyl groups is 1. The highest BCUT2D eigenvalue weighted by Crippen LogP contribution is 2.24. The van der Waals surface area contributed by atoms with E-state index in [4.69, 9.17) is 10.5 Å². The molecule has 0 aliphatic heterocycles. The van der Waals surface area contributed by atoms with E-state index >= 15 is 0 Å². The van der Waals surface area contributed by atoms with Crippen molar-refractivity contribution in [1.82, 2.24) is 4.98 Å². The standard InChI is InChI=1S/C12H12N2O2/c13-9-5-6-10(14-7-9)8-16-12-4-2-1-3-11(12)15/h1-7,15H,8,13H2.